The fraction of sp³-hybridized carbons (Fsp3) is 0.737. The van der Waals surface area contributed by atoms with Crippen molar-refractivity contribution in [3.63, 3.8) is 0 Å². The first-order valence-corrected chi connectivity index (χ1v) is 9.13. The molecule has 1 aromatic heterocycles. The monoisotopic (exact) mass is 317 g/mol. The summed E-state index contributed by atoms with van der Waals surface area (Å²) in [6.45, 7) is 12.7. The molecule has 23 heavy (non-hydrogen) atoms. The molecular weight excluding hydrogens is 286 g/mol. The number of hydrogen-bond donors (Lipinski definition) is 1. The van der Waals surface area contributed by atoms with Gasteiger partial charge in [0.1, 0.15) is 5.82 Å². The third-order valence-electron chi connectivity index (χ3n) is 5.35. The highest BCUT2D eigenvalue weighted by atomic mass is 16.5. The van der Waals surface area contributed by atoms with E-state index in [4.69, 9.17) is 9.72 Å². The highest BCUT2D eigenvalue weighted by molar-refractivity contribution is 5.46. The molecule has 0 bridgehead atoms. The lowest BCUT2D eigenvalue weighted by atomic mass is 9.90. The fourth-order valence-corrected chi connectivity index (χ4v) is 3.31. The number of nitrogens with zero attached hydrogens (tertiary/aromatic N) is 2. The number of nitrogens with one attached hydrogen (secondary N) is 1. The Bertz CT molecular complexity index is 536. The first-order valence-electron chi connectivity index (χ1n) is 9.13. The second kappa shape index (κ2) is 7.18. The minimum absolute atomic E-state index is 0.311. The van der Waals surface area contributed by atoms with Crippen LogP contribution in [-0.2, 0) is 24.1 Å². The highest BCUT2D eigenvalue weighted by Gasteiger charge is 2.21. The zero-order valence-electron chi connectivity index (χ0n) is 15.0. The van der Waals surface area contributed by atoms with Crippen molar-refractivity contribution in [3.05, 3.63) is 22.9 Å². The van der Waals surface area contributed by atoms with Gasteiger partial charge in [-0.25, -0.2) is 4.98 Å². The molecule has 0 radical (unpaired) electrons. The summed E-state index contributed by atoms with van der Waals surface area (Å²) >= 11 is 0. The third kappa shape index (κ3) is 4.24. The van der Waals surface area contributed by atoms with E-state index in [1.54, 1.807) is 0 Å². The molecule has 128 valence electrons. The molecule has 2 heterocycles. The van der Waals surface area contributed by atoms with Crippen LogP contribution in [0.3, 0.4) is 0 Å². The van der Waals surface area contributed by atoms with E-state index < -0.39 is 0 Å². The summed E-state index contributed by atoms with van der Waals surface area (Å²) in [6.07, 6.45) is 4.76. The molecular formula is C19H31N3O. The van der Waals surface area contributed by atoms with E-state index >= 15 is 0 Å². The van der Waals surface area contributed by atoms with Crippen molar-refractivity contribution in [2.75, 3.05) is 38.2 Å². The molecule has 0 unspecified atom stereocenters. The lowest BCUT2D eigenvalue weighted by molar-refractivity contribution is 0.0341. The molecule has 0 amide bonds. The smallest absolute Gasteiger partial charge is 0.126 e. The van der Waals surface area contributed by atoms with Crippen molar-refractivity contribution in [2.45, 2.75) is 53.0 Å². The summed E-state index contributed by atoms with van der Waals surface area (Å²) in [5, 5.41) is 3.59. The van der Waals surface area contributed by atoms with E-state index in [9.17, 15) is 0 Å². The van der Waals surface area contributed by atoms with Crippen LogP contribution in [0.15, 0.2) is 6.07 Å². The fourth-order valence-electron chi connectivity index (χ4n) is 3.31. The van der Waals surface area contributed by atoms with Gasteiger partial charge in [-0.05, 0) is 48.3 Å². The summed E-state index contributed by atoms with van der Waals surface area (Å²) in [5.41, 5.74) is 4.63. The van der Waals surface area contributed by atoms with Gasteiger partial charge < -0.3 is 10.1 Å². The van der Waals surface area contributed by atoms with Gasteiger partial charge >= 0.3 is 0 Å². The molecule has 1 aromatic rings. The third-order valence-corrected chi connectivity index (χ3v) is 5.35. The number of anilines is 1. The summed E-state index contributed by atoms with van der Waals surface area (Å²) in [4.78, 5) is 7.40. The molecule has 2 aliphatic rings. The molecule has 0 saturated carbocycles. The largest absolute Gasteiger partial charge is 0.379 e. The number of hydrogen-bond acceptors (Lipinski definition) is 4. The lowest BCUT2D eigenvalue weighted by Crippen LogP contribution is -2.36. The molecule has 1 aliphatic carbocycles. The van der Waals surface area contributed by atoms with E-state index in [1.807, 2.05) is 0 Å². The Balaban J connectivity index is 1.75. The van der Waals surface area contributed by atoms with Crippen LogP contribution in [0.2, 0.25) is 0 Å². The van der Waals surface area contributed by atoms with Gasteiger partial charge in [0.05, 0.1) is 13.2 Å². The maximum atomic E-state index is 5.48. The van der Waals surface area contributed by atoms with Crippen LogP contribution in [0, 0.1) is 5.41 Å². The average Bonchev–Trinajstić information content (AvgIpc) is 3.03. The molecule has 3 rings (SSSR count). The molecule has 4 heteroatoms. The molecule has 0 atom stereocenters. The molecule has 1 aliphatic heterocycles. The van der Waals surface area contributed by atoms with Gasteiger partial charge in [-0.1, -0.05) is 20.8 Å². The van der Waals surface area contributed by atoms with E-state index in [0.29, 0.717) is 5.41 Å². The van der Waals surface area contributed by atoms with E-state index in [0.717, 1.165) is 51.6 Å². The minimum Gasteiger partial charge on any atom is -0.379 e. The van der Waals surface area contributed by atoms with Crippen LogP contribution in [0.25, 0.3) is 0 Å². The molecule has 0 aromatic carbocycles. The number of aromatic nitrogens is 1. The van der Waals surface area contributed by atoms with Gasteiger partial charge in [0, 0.05) is 31.9 Å². The predicted octanol–water partition coefficient (Wildman–Crippen LogP) is 3.25. The first-order chi connectivity index (χ1) is 11.1. The van der Waals surface area contributed by atoms with Crippen LogP contribution >= 0.6 is 0 Å². The number of ether oxygens (including phenoxy) is 1. The Hall–Kier alpha value is -1.13. The SMILES string of the molecule is CCC(C)(C)CNc1cc(CN2CCOCC2)c2c(n1)CCC2. The molecule has 1 saturated heterocycles. The van der Waals surface area contributed by atoms with Crippen molar-refractivity contribution < 1.29 is 4.74 Å². The van der Waals surface area contributed by atoms with Crippen LogP contribution in [0.4, 0.5) is 5.82 Å². The molecule has 1 N–H and O–H groups in total. The summed E-state index contributed by atoms with van der Waals surface area (Å²) in [7, 11) is 0. The van der Waals surface area contributed by atoms with E-state index in [-0.39, 0.29) is 0 Å². The Morgan fingerprint density at radius 2 is 2.04 bits per heavy atom. The number of rotatable bonds is 6. The van der Waals surface area contributed by atoms with Crippen molar-refractivity contribution >= 4 is 5.82 Å². The predicted molar refractivity (Wildman–Crippen MR) is 94.9 cm³/mol. The van der Waals surface area contributed by atoms with Gasteiger partial charge in [-0.15, -0.1) is 0 Å². The average molecular weight is 317 g/mol. The van der Waals surface area contributed by atoms with Crippen LogP contribution < -0.4 is 5.32 Å². The summed E-state index contributed by atoms with van der Waals surface area (Å²) in [5.74, 6) is 1.07. The van der Waals surface area contributed by atoms with Crippen LogP contribution in [0.5, 0.6) is 0 Å². The number of fused-ring (bicyclic) bond motifs is 1. The van der Waals surface area contributed by atoms with Gasteiger partial charge in [0.2, 0.25) is 0 Å². The Labute approximate surface area is 140 Å². The number of aryl methyl sites for hydroxylation is 1. The standard InChI is InChI=1S/C19H31N3O/c1-4-19(2,3)14-20-18-12-15(13-22-8-10-23-11-9-22)16-6-5-7-17(16)21-18/h12H,4-11,13-14H2,1-3H3,(H,20,21). The lowest BCUT2D eigenvalue weighted by Gasteiger charge is -2.28. The molecule has 1 fully saturated rings. The first kappa shape index (κ1) is 16.7. The maximum Gasteiger partial charge on any atom is 0.126 e. The van der Waals surface area contributed by atoms with Crippen molar-refractivity contribution in [1.29, 1.82) is 0 Å². The second-order valence-corrected chi connectivity index (χ2v) is 7.71. The number of morpholine rings is 1. The Morgan fingerprint density at radius 3 is 2.78 bits per heavy atom. The van der Waals surface area contributed by atoms with E-state index in [2.05, 4.69) is 37.1 Å². The summed E-state index contributed by atoms with van der Waals surface area (Å²) in [6, 6.07) is 2.30. The topological polar surface area (TPSA) is 37.4 Å². The maximum absolute atomic E-state index is 5.48. The van der Waals surface area contributed by atoms with Gasteiger partial charge in [-0.2, -0.15) is 0 Å². The van der Waals surface area contributed by atoms with Crippen molar-refractivity contribution in [3.8, 4) is 0 Å². The second-order valence-electron chi connectivity index (χ2n) is 7.71. The normalized spacial score (nSPS) is 18.9. The van der Waals surface area contributed by atoms with Crippen LogP contribution in [0.1, 0.15) is 50.4 Å². The quantitative estimate of drug-likeness (QED) is 0.874. The van der Waals surface area contributed by atoms with Gasteiger partial charge in [-0.3, -0.25) is 4.90 Å². The molecule has 4 nitrogen and oxygen atoms in total. The van der Waals surface area contributed by atoms with Gasteiger partial charge in [0.15, 0.2) is 0 Å². The van der Waals surface area contributed by atoms with E-state index in [1.165, 1.54) is 36.1 Å². The van der Waals surface area contributed by atoms with Crippen molar-refractivity contribution in [1.82, 2.24) is 9.88 Å². The minimum atomic E-state index is 0.311. The summed E-state index contributed by atoms with van der Waals surface area (Å²) < 4.78 is 5.48. The number of pyridine rings is 1. The van der Waals surface area contributed by atoms with Gasteiger partial charge in [0.25, 0.3) is 0 Å². The Kier molecular flexibility index (Phi) is 5.22. The van der Waals surface area contributed by atoms with Crippen LogP contribution in [-0.4, -0.2) is 42.7 Å². The molecule has 0 spiro atoms. The highest BCUT2D eigenvalue weighted by Crippen LogP contribution is 2.28. The van der Waals surface area contributed by atoms with Crippen molar-refractivity contribution in [2.24, 2.45) is 5.41 Å². The zero-order chi connectivity index (χ0) is 16.3. The zero-order valence-corrected chi connectivity index (χ0v) is 15.0. The Morgan fingerprint density at radius 1 is 1.26 bits per heavy atom.